The molecular formula is C28H23BrCl2N2O5. The fourth-order valence-electron chi connectivity index (χ4n) is 6.83. The zero-order valence-electron chi connectivity index (χ0n) is 20.2. The Morgan fingerprint density at radius 1 is 1.00 bits per heavy atom. The number of carbonyl (C=O) groups is 4. The third kappa shape index (κ3) is 3.26. The summed E-state index contributed by atoms with van der Waals surface area (Å²) < 4.78 is 0.633. The first-order valence-electron chi connectivity index (χ1n) is 12.3. The number of rotatable bonds is 3. The molecule has 1 saturated carbocycles. The molecule has 7 nitrogen and oxygen atoms in total. The van der Waals surface area contributed by atoms with E-state index in [1.807, 2.05) is 36.4 Å². The summed E-state index contributed by atoms with van der Waals surface area (Å²) in [6, 6.07) is 14.0. The highest BCUT2D eigenvalue weighted by Crippen LogP contribution is 2.66. The Kier molecular flexibility index (Phi) is 5.83. The average molecular weight is 618 g/mol. The van der Waals surface area contributed by atoms with Gasteiger partial charge in [-0.3, -0.25) is 29.0 Å². The third-order valence-corrected chi connectivity index (χ3v) is 10.5. The number of imide groups is 2. The van der Waals surface area contributed by atoms with E-state index in [-0.39, 0.29) is 37.0 Å². The summed E-state index contributed by atoms with van der Waals surface area (Å²) in [6.45, 7) is 0.148. The van der Waals surface area contributed by atoms with Gasteiger partial charge >= 0.3 is 0 Å². The molecule has 2 aliphatic carbocycles. The highest BCUT2D eigenvalue weighted by Gasteiger charge is 2.76. The first kappa shape index (κ1) is 25.6. The maximum atomic E-state index is 13.8. The average Bonchev–Trinajstić information content (AvgIpc) is 3.21. The standard InChI is InChI=1S/C28H23BrCl2N2O5/c1-32-25(37)27(30)12-19-16(22(28(27,31)26(32)38)18-11-15(29)7-10-20(18)34)8-9-17-21(19)24(36)33(23(17)35)13-14-5-3-2-4-6-14/h2-8,10-11,17,19,21-22,34H,9,12-13H2,1H3/t17-,19+,21-,22+,27+,28-/m0/s1. The van der Waals surface area contributed by atoms with Crippen LogP contribution in [-0.4, -0.2) is 55.3 Å². The second kappa shape index (κ2) is 8.66. The van der Waals surface area contributed by atoms with Crippen LogP contribution in [0.5, 0.6) is 5.75 Å². The van der Waals surface area contributed by atoms with E-state index in [9.17, 15) is 24.3 Å². The van der Waals surface area contributed by atoms with Crippen molar-refractivity contribution in [2.75, 3.05) is 7.05 Å². The fraction of sp³-hybridized carbons (Fsp3) is 0.357. The number of hydrogen-bond donors (Lipinski definition) is 1. The lowest BCUT2D eigenvalue weighted by atomic mass is 9.56. The van der Waals surface area contributed by atoms with E-state index in [1.165, 1.54) is 18.0 Å². The number of likely N-dealkylation sites (tertiary alicyclic amines) is 2. The molecule has 0 spiro atoms. The van der Waals surface area contributed by atoms with Gasteiger partial charge in [0, 0.05) is 23.0 Å². The molecule has 0 radical (unpaired) electrons. The molecular weight excluding hydrogens is 595 g/mol. The number of nitrogens with zero attached hydrogens (tertiary/aromatic N) is 2. The second-order valence-corrected chi connectivity index (χ2v) is 12.6. The minimum Gasteiger partial charge on any atom is -0.508 e. The third-order valence-electron chi connectivity index (χ3n) is 8.59. The van der Waals surface area contributed by atoms with Crippen LogP contribution in [0.15, 0.2) is 64.7 Å². The van der Waals surface area contributed by atoms with Crippen LogP contribution in [0.1, 0.15) is 29.9 Å². The molecule has 4 aliphatic rings. The first-order chi connectivity index (χ1) is 18.0. The largest absolute Gasteiger partial charge is 0.508 e. The van der Waals surface area contributed by atoms with Gasteiger partial charge in [0.2, 0.25) is 11.8 Å². The maximum absolute atomic E-state index is 13.8. The van der Waals surface area contributed by atoms with E-state index in [0.717, 1.165) is 10.5 Å². The highest BCUT2D eigenvalue weighted by atomic mass is 79.9. The molecule has 10 heteroatoms. The number of amides is 4. The number of halogens is 3. The molecule has 6 atom stereocenters. The van der Waals surface area contributed by atoms with Crippen LogP contribution in [0.3, 0.4) is 0 Å². The van der Waals surface area contributed by atoms with Gasteiger partial charge in [-0.25, -0.2) is 0 Å². The van der Waals surface area contributed by atoms with Crippen molar-refractivity contribution < 1.29 is 24.3 Å². The summed E-state index contributed by atoms with van der Waals surface area (Å²) in [5.41, 5.74) is 1.79. The maximum Gasteiger partial charge on any atom is 0.253 e. The summed E-state index contributed by atoms with van der Waals surface area (Å²) in [6.07, 6.45) is 2.05. The molecule has 38 heavy (non-hydrogen) atoms. The van der Waals surface area contributed by atoms with E-state index in [1.54, 1.807) is 12.1 Å². The second-order valence-electron chi connectivity index (χ2n) is 10.4. The van der Waals surface area contributed by atoms with Crippen molar-refractivity contribution in [3.8, 4) is 5.75 Å². The molecule has 2 saturated heterocycles. The number of aromatic hydroxyl groups is 1. The normalized spacial score (nSPS) is 34.3. The van der Waals surface area contributed by atoms with Gasteiger partial charge < -0.3 is 5.11 Å². The van der Waals surface area contributed by atoms with Crippen LogP contribution < -0.4 is 0 Å². The molecule has 3 fully saturated rings. The minimum absolute atomic E-state index is 0.0799. The Bertz CT molecular complexity index is 1450. The lowest BCUT2D eigenvalue weighted by molar-refractivity contribution is -0.141. The number of phenols is 1. The number of hydrogen-bond acceptors (Lipinski definition) is 5. The van der Waals surface area contributed by atoms with Crippen molar-refractivity contribution in [3.05, 3.63) is 75.8 Å². The molecule has 0 unspecified atom stereocenters. The Morgan fingerprint density at radius 3 is 2.42 bits per heavy atom. The smallest absolute Gasteiger partial charge is 0.253 e. The van der Waals surface area contributed by atoms with Crippen LogP contribution in [0.25, 0.3) is 0 Å². The van der Waals surface area contributed by atoms with Crippen molar-refractivity contribution in [2.45, 2.75) is 35.1 Å². The number of allylic oxidation sites excluding steroid dienone is 2. The van der Waals surface area contributed by atoms with E-state index in [0.29, 0.717) is 15.6 Å². The van der Waals surface area contributed by atoms with Gasteiger partial charge in [0.1, 0.15) is 5.75 Å². The van der Waals surface area contributed by atoms with Crippen molar-refractivity contribution in [3.63, 3.8) is 0 Å². The Balaban J connectivity index is 1.49. The van der Waals surface area contributed by atoms with Crippen LogP contribution in [0, 0.1) is 17.8 Å². The minimum atomic E-state index is -1.93. The van der Waals surface area contributed by atoms with Crippen molar-refractivity contribution in [1.29, 1.82) is 0 Å². The Hall–Kier alpha value is -2.68. The molecule has 6 rings (SSSR count). The van der Waals surface area contributed by atoms with Gasteiger partial charge in [0.15, 0.2) is 9.75 Å². The predicted octanol–water partition coefficient (Wildman–Crippen LogP) is 4.34. The molecule has 2 aromatic rings. The van der Waals surface area contributed by atoms with Crippen LogP contribution >= 0.6 is 39.1 Å². The molecule has 4 amide bonds. The van der Waals surface area contributed by atoms with Crippen LogP contribution in [0.2, 0.25) is 0 Å². The number of alkyl halides is 2. The summed E-state index contributed by atoms with van der Waals surface area (Å²) in [5, 5.41) is 10.9. The number of carbonyl (C=O) groups excluding carboxylic acids is 4. The molecule has 1 N–H and O–H groups in total. The quantitative estimate of drug-likeness (QED) is 0.314. The fourth-order valence-corrected chi connectivity index (χ4v) is 8.22. The molecule has 2 heterocycles. The topological polar surface area (TPSA) is 95.0 Å². The van der Waals surface area contributed by atoms with Gasteiger partial charge in [-0.15, -0.1) is 23.2 Å². The van der Waals surface area contributed by atoms with Gasteiger partial charge in [-0.2, -0.15) is 0 Å². The summed E-state index contributed by atoms with van der Waals surface area (Å²) >= 11 is 17.7. The van der Waals surface area contributed by atoms with Crippen LogP contribution in [0.4, 0.5) is 0 Å². The first-order valence-corrected chi connectivity index (χ1v) is 13.8. The number of phenolic OH excluding ortho intramolecular Hbond substituents is 1. The van der Waals surface area contributed by atoms with Crippen LogP contribution in [-0.2, 0) is 25.7 Å². The van der Waals surface area contributed by atoms with Crippen molar-refractivity contribution >= 4 is 62.8 Å². The zero-order valence-corrected chi connectivity index (χ0v) is 23.3. The highest BCUT2D eigenvalue weighted by molar-refractivity contribution is 9.10. The number of benzene rings is 2. The van der Waals surface area contributed by atoms with E-state index >= 15 is 0 Å². The Labute approximate surface area is 237 Å². The van der Waals surface area contributed by atoms with Gasteiger partial charge in [0.05, 0.1) is 18.4 Å². The molecule has 2 aliphatic heterocycles. The number of fused-ring (bicyclic) bond motifs is 4. The predicted molar refractivity (Wildman–Crippen MR) is 143 cm³/mol. The summed E-state index contributed by atoms with van der Waals surface area (Å²) in [7, 11) is 1.34. The van der Waals surface area contributed by atoms with E-state index in [4.69, 9.17) is 23.2 Å². The van der Waals surface area contributed by atoms with Crippen molar-refractivity contribution in [2.24, 2.45) is 17.8 Å². The van der Waals surface area contributed by atoms with Crippen molar-refractivity contribution in [1.82, 2.24) is 9.80 Å². The SMILES string of the molecule is CN1C(=O)[C@]2(Cl)C[C@@H]3C(=CC[C@@H]4C(=O)N(Cc5ccccc5)C(=O)[C@@H]43)[C@H](c3cc(Br)ccc3O)[C@]2(Cl)C1=O. The lowest BCUT2D eigenvalue weighted by Gasteiger charge is -2.50. The lowest BCUT2D eigenvalue weighted by Crippen LogP contribution is -2.60. The molecule has 196 valence electrons. The van der Waals surface area contributed by atoms with Gasteiger partial charge in [-0.1, -0.05) is 57.9 Å². The van der Waals surface area contributed by atoms with Gasteiger partial charge in [0.25, 0.3) is 11.8 Å². The monoisotopic (exact) mass is 616 g/mol. The molecule has 0 bridgehead atoms. The van der Waals surface area contributed by atoms with E-state index in [2.05, 4.69) is 15.9 Å². The summed E-state index contributed by atoms with van der Waals surface area (Å²) in [5.74, 6) is -5.01. The van der Waals surface area contributed by atoms with E-state index < -0.39 is 45.2 Å². The Morgan fingerprint density at radius 2 is 1.71 bits per heavy atom. The molecule has 0 aromatic heterocycles. The summed E-state index contributed by atoms with van der Waals surface area (Å²) in [4.78, 5) is 52.7. The molecule has 2 aromatic carbocycles. The van der Waals surface area contributed by atoms with Gasteiger partial charge in [-0.05, 0) is 42.5 Å². The zero-order chi connectivity index (χ0) is 27.1.